The van der Waals surface area contributed by atoms with Crippen molar-refractivity contribution >= 4 is 35.0 Å². The molecule has 1 aromatic heterocycles. The van der Waals surface area contributed by atoms with Crippen LogP contribution >= 0.6 is 11.6 Å². The van der Waals surface area contributed by atoms with Crippen LogP contribution in [0.4, 0.5) is 16.2 Å². The van der Waals surface area contributed by atoms with E-state index in [-0.39, 0.29) is 11.7 Å². The van der Waals surface area contributed by atoms with Crippen molar-refractivity contribution in [2.75, 3.05) is 5.32 Å². The first kappa shape index (κ1) is 20.6. The molecule has 8 nitrogen and oxygen atoms in total. The van der Waals surface area contributed by atoms with E-state index in [4.69, 9.17) is 16.3 Å². The molecule has 1 saturated carbocycles. The van der Waals surface area contributed by atoms with Gasteiger partial charge in [-0.05, 0) is 42.7 Å². The summed E-state index contributed by atoms with van der Waals surface area (Å²) in [7, 11) is 0. The Kier molecular flexibility index (Phi) is 5.99. The van der Waals surface area contributed by atoms with Gasteiger partial charge < -0.3 is 20.7 Å². The molecule has 158 valence electrons. The molecule has 1 fully saturated rings. The number of nitrogens with one attached hydrogen (secondary N) is 3. The number of para-hydroxylation sites is 1. The topological polar surface area (TPSA) is 105 Å². The van der Waals surface area contributed by atoms with Gasteiger partial charge in [-0.15, -0.1) is 0 Å². The van der Waals surface area contributed by atoms with E-state index < -0.39 is 11.6 Å². The van der Waals surface area contributed by atoms with Crippen LogP contribution in [0.1, 0.15) is 18.4 Å². The molecule has 0 spiro atoms. The highest BCUT2D eigenvalue weighted by Crippen LogP contribution is 2.35. The number of hydrogen-bond donors (Lipinski definition) is 3. The van der Waals surface area contributed by atoms with Gasteiger partial charge in [-0.25, -0.2) is 14.8 Å². The maximum atomic E-state index is 12.6. The number of nitrogens with zero attached hydrogens (tertiary/aromatic N) is 2. The molecule has 0 unspecified atom stereocenters. The van der Waals surface area contributed by atoms with Crippen LogP contribution in [-0.2, 0) is 11.3 Å². The van der Waals surface area contributed by atoms with E-state index in [2.05, 4.69) is 25.9 Å². The Morgan fingerprint density at radius 3 is 2.42 bits per heavy atom. The minimum atomic E-state index is -0.932. The van der Waals surface area contributed by atoms with Gasteiger partial charge in [0.2, 0.25) is 5.91 Å². The number of amides is 2. The maximum Gasteiger partial charge on any atom is 0.413 e. The number of benzene rings is 2. The largest absolute Gasteiger partial charge is 0.413 e. The third-order valence-electron chi connectivity index (χ3n) is 4.83. The summed E-state index contributed by atoms with van der Waals surface area (Å²) >= 11 is 6.16. The van der Waals surface area contributed by atoms with Crippen molar-refractivity contribution in [3.05, 3.63) is 77.8 Å². The molecular weight excluding hydrogens is 418 g/mol. The molecule has 0 atom stereocenters. The average Bonchev–Trinajstić information content (AvgIpc) is 3.56. The summed E-state index contributed by atoms with van der Waals surface area (Å²) in [5.41, 5.74) is 1.70. The molecule has 4 rings (SSSR count). The number of ether oxygens (including phenoxy) is 1. The molecule has 2 aromatic carbocycles. The molecule has 0 radical (unpaired) electrons. The van der Waals surface area contributed by atoms with E-state index in [1.165, 1.54) is 18.7 Å². The Balaban J connectivity index is 1.28. The van der Waals surface area contributed by atoms with Crippen LogP contribution in [0.3, 0.4) is 0 Å². The van der Waals surface area contributed by atoms with Gasteiger partial charge in [-0.2, -0.15) is 0 Å². The van der Waals surface area contributed by atoms with Crippen LogP contribution < -0.4 is 20.7 Å². The van der Waals surface area contributed by atoms with Gasteiger partial charge in [0.15, 0.2) is 5.75 Å². The smallest absolute Gasteiger partial charge is 0.407 e. The zero-order valence-corrected chi connectivity index (χ0v) is 17.2. The Bertz CT molecular complexity index is 1070. The minimum absolute atomic E-state index is 0.210. The first-order valence-electron chi connectivity index (χ1n) is 9.68. The van der Waals surface area contributed by atoms with Crippen molar-refractivity contribution in [1.29, 1.82) is 0 Å². The second-order valence-electron chi connectivity index (χ2n) is 7.16. The van der Waals surface area contributed by atoms with Gasteiger partial charge >= 0.3 is 6.09 Å². The van der Waals surface area contributed by atoms with Crippen LogP contribution in [0.15, 0.2) is 67.3 Å². The molecule has 1 heterocycles. The van der Waals surface area contributed by atoms with E-state index in [1.807, 2.05) is 48.5 Å². The highest BCUT2D eigenvalue weighted by atomic mass is 35.5. The second kappa shape index (κ2) is 9.01. The third kappa shape index (κ3) is 5.29. The van der Waals surface area contributed by atoms with Crippen LogP contribution in [0.5, 0.6) is 5.75 Å². The molecule has 31 heavy (non-hydrogen) atoms. The molecule has 0 aliphatic heterocycles. The lowest BCUT2D eigenvalue weighted by Crippen LogP contribution is -2.49. The summed E-state index contributed by atoms with van der Waals surface area (Å²) in [5.74, 6) is -0.0336. The number of hydrogen-bond acceptors (Lipinski definition) is 6. The maximum absolute atomic E-state index is 12.6. The zero-order valence-electron chi connectivity index (χ0n) is 16.5. The Labute approximate surface area is 184 Å². The lowest BCUT2D eigenvalue weighted by Gasteiger charge is -2.17. The Morgan fingerprint density at radius 2 is 1.74 bits per heavy atom. The Hall–Kier alpha value is -3.65. The molecule has 1 aliphatic carbocycles. The van der Waals surface area contributed by atoms with Crippen LogP contribution in [0, 0.1) is 0 Å². The van der Waals surface area contributed by atoms with Crippen LogP contribution in [0.25, 0.3) is 0 Å². The van der Waals surface area contributed by atoms with E-state index in [1.54, 1.807) is 0 Å². The molecule has 9 heteroatoms. The quantitative estimate of drug-likeness (QED) is 0.519. The molecule has 1 aliphatic rings. The SMILES string of the molecule is O=C(NC1(C(=O)NCc2ccc(Nc3ccccc3Cl)cc2)CC1)Oc1cncnc1. The van der Waals surface area contributed by atoms with Gasteiger partial charge in [-0.3, -0.25) is 4.79 Å². The van der Waals surface area contributed by atoms with Crippen molar-refractivity contribution in [3.63, 3.8) is 0 Å². The van der Waals surface area contributed by atoms with Crippen molar-refractivity contribution < 1.29 is 14.3 Å². The fraction of sp³-hybridized carbons (Fsp3) is 0.182. The zero-order chi connectivity index (χ0) is 21.7. The molecule has 2 amide bonds. The summed E-state index contributed by atoms with van der Waals surface area (Å²) in [6, 6.07) is 15.1. The first-order valence-corrected chi connectivity index (χ1v) is 10.1. The summed E-state index contributed by atoms with van der Waals surface area (Å²) in [6.45, 7) is 0.343. The lowest BCUT2D eigenvalue weighted by atomic mass is 10.2. The first-order chi connectivity index (χ1) is 15.0. The summed E-state index contributed by atoms with van der Waals surface area (Å²) in [5, 5.41) is 9.40. The van der Waals surface area contributed by atoms with Crippen molar-refractivity contribution in [3.8, 4) is 5.75 Å². The van der Waals surface area contributed by atoms with Gasteiger partial charge in [-0.1, -0.05) is 35.9 Å². The fourth-order valence-corrected chi connectivity index (χ4v) is 3.16. The predicted molar refractivity (Wildman–Crippen MR) is 116 cm³/mol. The summed E-state index contributed by atoms with van der Waals surface area (Å²) in [4.78, 5) is 32.2. The van der Waals surface area contributed by atoms with E-state index >= 15 is 0 Å². The highest BCUT2D eigenvalue weighted by Gasteiger charge is 2.51. The molecule has 3 aromatic rings. The number of carbonyl (C=O) groups excluding carboxylic acids is 2. The monoisotopic (exact) mass is 437 g/mol. The standard InChI is InChI=1S/C22H20ClN5O3/c23-18-3-1-2-4-19(18)27-16-7-5-15(6-8-16)11-26-20(29)22(9-10-22)28-21(30)31-17-12-24-14-25-13-17/h1-8,12-14,27H,9-11H2,(H,26,29)(H,28,30). The molecule has 3 N–H and O–H groups in total. The number of carbonyl (C=O) groups is 2. The minimum Gasteiger partial charge on any atom is -0.407 e. The highest BCUT2D eigenvalue weighted by molar-refractivity contribution is 6.33. The van der Waals surface area contributed by atoms with E-state index in [0.29, 0.717) is 24.4 Å². The lowest BCUT2D eigenvalue weighted by molar-refractivity contribution is -0.124. The Morgan fingerprint density at radius 1 is 1.03 bits per heavy atom. The molecule has 0 saturated heterocycles. The van der Waals surface area contributed by atoms with Crippen LogP contribution in [-0.4, -0.2) is 27.5 Å². The normalized spacial score (nSPS) is 13.7. The van der Waals surface area contributed by atoms with Crippen molar-refractivity contribution in [1.82, 2.24) is 20.6 Å². The van der Waals surface area contributed by atoms with Gasteiger partial charge in [0.25, 0.3) is 0 Å². The predicted octanol–water partition coefficient (Wildman–Crippen LogP) is 3.81. The third-order valence-corrected chi connectivity index (χ3v) is 5.16. The van der Waals surface area contributed by atoms with E-state index in [0.717, 1.165) is 16.9 Å². The fourth-order valence-electron chi connectivity index (χ4n) is 2.98. The number of halogens is 1. The molecular formula is C22H20ClN5O3. The number of rotatable bonds is 7. The van der Waals surface area contributed by atoms with Crippen LogP contribution in [0.2, 0.25) is 5.02 Å². The van der Waals surface area contributed by atoms with Gasteiger partial charge in [0.05, 0.1) is 23.1 Å². The van der Waals surface area contributed by atoms with Crippen molar-refractivity contribution in [2.24, 2.45) is 0 Å². The molecule has 0 bridgehead atoms. The average molecular weight is 438 g/mol. The number of anilines is 2. The van der Waals surface area contributed by atoms with Crippen molar-refractivity contribution in [2.45, 2.75) is 24.9 Å². The van der Waals surface area contributed by atoms with Gasteiger partial charge in [0, 0.05) is 12.2 Å². The second-order valence-corrected chi connectivity index (χ2v) is 7.56. The summed E-state index contributed by atoms with van der Waals surface area (Å²) < 4.78 is 5.10. The number of aromatic nitrogens is 2. The van der Waals surface area contributed by atoms with E-state index in [9.17, 15) is 9.59 Å². The van der Waals surface area contributed by atoms with Gasteiger partial charge in [0.1, 0.15) is 11.9 Å². The summed E-state index contributed by atoms with van der Waals surface area (Å²) in [6.07, 6.45) is 4.48.